The second-order valence-electron chi connectivity index (χ2n) is 3.52. The molecule has 100 valence electrons. The van der Waals surface area contributed by atoms with Gasteiger partial charge in [-0.2, -0.15) is 0 Å². The van der Waals surface area contributed by atoms with E-state index in [0.717, 1.165) is 6.07 Å². The molecule has 0 bridgehead atoms. The van der Waals surface area contributed by atoms with E-state index in [-0.39, 0.29) is 17.1 Å². The molecule has 5 nitrogen and oxygen atoms in total. The average molecular weight is 285 g/mol. The van der Waals surface area contributed by atoms with Gasteiger partial charge in [0, 0.05) is 11.4 Å². The minimum absolute atomic E-state index is 0.158. The predicted molar refractivity (Wildman–Crippen MR) is 68.4 cm³/mol. The van der Waals surface area contributed by atoms with E-state index in [0.29, 0.717) is 0 Å². The molecule has 0 saturated carbocycles. The summed E-state index contributed by atoms with van der Waals surface area (Å²) in [5.74, 6) is 0.151. The third-order valence-corrected chi connectivity index (χ3v) is 2.34. The van der Waals surface area contributed by atoms with Gasteiger partial charge in [-0.25, -0.2) is 14.0 Å². The van der Waals surface area contributed by atoms with Gasteiger partial charge in [-0.15, -0.1) is 12.3 Å². The molecular formula is C12H10ClFN2O3. The molecular weight excluding hydrogens is 275 g/mol. The van der Waals surface area contributed by atoms with E-state index < -0.39 is 23.9 Å². The second-order valence-corrected chi connectivity index (χ2v) is 3.96. The molecule has 2 amide bonds. The number of carboxylic acid groups (broad SMARTS) is 1. The molecule has 0 aliphatic carbocycles. The van der Waals surface area contributed by atoms with E-state index in [1.165, 1.54) is 12.1 Å². The highest BCUT2D eigenvalue weighted by atomic mass is 35.5. The summed E-state index contributed by atoms with van der Waals surface area (Å²) < 4.78 is 13.3. The molecule has 0 radical (unpaired) electrons. The predicted octanol–water partition coefficient (Wildman–Crippen LogP) is 2.08. The van der Waals surface area contributed by atoms with Gasteiger partial charge in [-0.05, 0) is 18.2 Å². The summed E-state index contributed by atoms with van der Waals surface area (Å²) in [7, 11) is 0. The number of terminal acetylenes is 1. The van der Waals surface area contributed by atoms with E-state index in [9.17, 15) is 14.0 Å². The van der Waals surface area contributed by atoms with Crippen molar-refractivity contribution in [2.75, 3.05) is 5.32 Å². The maximum absolute atomic E-state index is 13.3. The summed E-state index contributed by atoms with van der Waals surface area (Å²) in [6, 6.07) is 1.47. The lowest BCUT2D eigenvalue weighted by Gasteiger charge is -2.13. The molecule has 0 spiro atoms. The Bertz CT molecular complexity index is 542. The van der Waals surface area contributed by atoms with Crippen LogP contribution in [0.5, 0.6) is 0 Å². The third-order valence-electron chi connectivity index (χ3n) is 2.10. The molecule has 0 heterocycles. The highest BCUT2D eigenvalue weighted by Gasteiger charge is 2.19. The van der Waals surface area contributed by atoms with E-state index in [2.05, 4.69) is 16.6 Å². The summed E-state index contributed by atoms with van der Waals surface area (Å²) in [5, 5.41) is 13.3. The van der Waals surface area contributed by atoms with Crippen LogP contribution in [0.4, 0.5) is 14.9 Å². The van der Waals surface area contributed by atoms with Crippen molar-refractivity contribution in [2.24, 2.45) is 0 Å². The highest BCUT2D eigenvalue weighted by Crippen LogP contribution is 2.19. The molecule has 1 aromatic rings. The quantitative estimate of drug-likeness (QED) is 0.741. The number of amides is 2. The van der Waals surface area contributed by atoms with Gasteiger partial charge in [0.2, 0.25) is 0 Å². The fourth-order valence-electron chi connectivity index (χ4n) is 1.23. The van der Waals surface area contributed by atoms with E-state index >= 15 is 0 Å². The normalized spacial score (nSPS) is 11.2. The first kappa shape index (κ1) is 14.8. The number of carbonyl (C=O) groups is 2. The van der Waals surface area contributed by atoms with Crippen molar-refractivity contribution in [2.45, 2.75) is 12.5 Å². The first-order valence-electron chi connectivity index (χ1n) is 5.13. The number of rotatable bonds is 4. The van der Waals surface area contributed by atoms with Gasteiger partial charge in [-0.3, -0.25) is 0 Å². The molecule has 0 aliphatic rings. The van der Waals surface area contributed by atoms with Crippen molar-refractivity contribution in [1.82, 2.24) is 5.32 Å². The summed E-state index contributed by atoms with van der Waals surface area (Å²) in [4.78, 5) is 22.3. The Hall–Kier alpha value is -2.26. The number of benzene rings is 1. The number of hydrogen-bond donors (Lipinski definition) is 3. The van der Waals surface area contributed by atoms with E-state index in [1.807, 2.05) is 0 Å². The number of anilines is 1. The maximum atomic E-state index is 13.3. The molecule has 1 unspecified atom stereocenters. The molecule has 0 saturated heterocycles. The molecule has 19 heavy (non-hydrogen) atoms. The zero-order valence-corrected chi connectivity index (χ0v) is 10.4. The summed E-state index contributed by atoms with van der Waals surface area (Å²) in [5.41, 5.74) is -0.158. The van der Waals surface area contributed by atoms with Gasteiger partial charge >= 0.3 is 12.0 Å². The van der Waals surface area contributed by atoms with Crippen LogP contribution >= 0.6 is 11.6 Å². The highest BCUT2D eigenvalue weighted by molar-refractivity contribution is 6.30. The topological polar surface area (TPSA) is 78.4 Å². The standard InChI is InChI=1S/C12H10ClFN2O3/c1-2-3-9(11(17)18)15-12(19)16-10-6-7(13)4-5-8(10)14/h1,4-6,9H,3H2,(H,17,18)(H2,15,16,19). The molecule has 1 atom stereocenters. The van der Waals surface area contributed by atoms with Crippen molar-refractivity contribution in [3.05, 3.63) is 29.0 Å². The Kier molecular flexibility index (Phi) is 5.15. The minimum Gasteiger partial charge on any atom is -0.480 e. The van der Waals surface area contributed by atoms with Gasteiger partial charge in [0.25, 0.3) is 0 Å². The Balaban J connectivity index is 2.72. The van der Waals surface area contributed by atoms with Crippen molar-refractivity contribution in [3.8, 4) is 12.3 Å². The van der Waals surface area contributed by atoms with E-state index in [4.69, 9.17) is 23.1 Å². The van der Waals surface area contributed by atoms with Crippen molar-refractivity contribution < 1.29 is 19.1 Å². The first-order valence-corrected chi connectivity index (χ1v) is 5.50. The average Bonchev–Trinajstić information content (AvgIpc) is 2.33. The SMILES string of the molecule is C#CCC(NC(=O)Nc1cc(Cl)ccc1F)C(=O)O. The van der Waals surface area contributed by atoms with Gasteiger partial charge in [0.05, 0.1) is 5.69 Å². The fraction of sp³-hybridized carbons (Fsp3) is 0.167. The first-order chi connectivity index (χ1) is 8.93. The van der Waals surface area contributed by atoms with Crippen LogP contribution < -0.4 is 10.6 Å². The van der Waals surface area contributed by atoms with Crippen LogP contribution in [-0.4, -0.2) is 23.1 Å². The smallest absolute Gasteiger partial charge is 0.327 e. The van der Waals surface area contributed by atoms with Crippen molar-refractivity contribution in [1.29, 1.82) is 0 Å². The summed E-state index contributed by atoms with van der Waals surface area (Å²) in [6.07, 6.45) is 4.80. The number of halogens is 2. The number of nitrogens with one attached hydrogen (secondary N) is 2. The lowest BCUT2D eigenvalue weighted by molar-refractivity contribution is -0.139. The largest absolute Gasteiger partial charge is 0.480 e. The lowest BCUT2D eigenvalue weighted by Crippen LogP contribution is -2.42. The Morgan fingerprint density at radius 2 is 2.21 bits per heavy atom. The Morgan fingerprint density at radius 3 is 2.79 bits per heavy atom. The van der Waals surface area contributed by atoms with Gasteiger partial charge in [0.15, 0.2) is 0 Å². The van der Waals surface area contributed by atoms with Crippen LogP contribution in [-0.2, 0) is 4.79 Å². The Morgan fingerprint density at radius 1 is 1.53 bits per heavy atom. The summed E-state index contributed by atoms with van der Waals surface area (Å²) >= 11 is 5.65. The molecule has 0 fully saturated rings. The number of aliphatic carboxylic acids is 1. The molecule has 1 rings (SSSR count). The van der Waals surface area contributed by atoms with Gasteiger partial charge < -0.3 is 15.7 Å². The monoisotopic (exact) mass is 284 g/mol. The third kappa shape index (κ3) is 4.48. The Labute approximate surface area is 113 Å². The van der Waals surface area contributed by atoms with E-state index in [1.54, 1.807) is 0 Å². The number of carbonyl (C=O) groups excluding carboxylic acids is 1. The van der Waals surface area contributed by atoms with Crippen LogP contribution in [0.2, 0.25) is 5.02 Å². The maximum Gasteiger partial charge on any atom is 0.327 e. The van der Waals surface area contributed by atoms with Gasteiger partial charge in [0.1, 0.15) is 11.9 Å². The van der Waals surface area contributed by atoms with Crippen molar-refractivity contribution >= 4 is 29.3 Å². The zero-order chi connectivity index (χ0) is 14.4. The van der Waals surface area contributed by atoms with Crippen LogP contribution in [0, 0.1) is 18.2 Å². The van der Waals surface area contributed by atoms with Crippen LogP contribution in [0.25, 0.3) is 0 Å². The molecule has 0 aromatic heterocycles. The second kappa shape index (κ2) is 6.61. The number of urea groups is 1. The number of carboxylic acids is 1. The lowest BCUT2D eigenvalue weighted by atomic mass is 10.2. The summed E-state index contributed by atoms with van der Waals surface area (Å²) in [6.45, 7) is 0. The van der Waals surface area contributed by atoms with Crippen LogP contribution in [0.1, 0.15) is 6.42 Å². The molecule has 1 aromatic carbocycles. The zero-order valence-electron chi connectivity index (χ0n) is 9.61. The molecule has 0 aliphatic heterocycles. The minimum atomic E-state index is -1.28. The molecule has 3 N–H and O–H groups in total. The van der Waals surface area contributed by atoms with Crippen LogP contribution in [0.3, 0.4) is 0 Å². The number of hydrogen-bond acceptors (Lipinski definition) is 2. The fourth-order valence-corrected chi connectivity index (χ4v) is 1.40. The van der Waals surface area contributed by atoms with Gasteiger partial charge in [-0.1, -0.05) is 11.6 Å². The van der Waals surface area contributed by atoms with Crippen LogP contribution in [0.15, 0.2) is 18.2 Å². The van der Waals surface area contributed by atoms with Crippen molar-refractivity contribution in [3.63, 3.8) is 0 Å². The molecule has 7 heteroatoms.